The first-order valence-corrected chi connectivity index (χ1v) is 9.92. The molecule has 0 radical (unpaired) electrons. The fourth-order valence-corrected chi connectivity index (χ4v) is 4.46. The summed E-state index contributed by atoms with van der Waals surface area (Å²) in [6, 6.07) is 4.27. The van der Waals surface area contributed by atoms with E-state index in [0.717, 1.165) is 24.1 Å². The minimum Gasteiger partial charge on any atom is -0.369 e. The average Bonchev–Trinajstić information content (AvgIpc) is 2.55. The summed E-state index contributed by atoms with van der Waals surface area (Å²) in [6.45, 7) is 5.91. The van der Waals surface area contributed by atoms with Crippen LogP contribution in [0.25, 0.3) is 5.70 Å². The lowest BCUT2D eigenvalue weighted by molar-refractivity contribution is -0.134. The Labute approximate surface area is 165 Å². The van der Waals surface area contributed by atoms with E-state index in [2.05, 4.69) is 64.5 Å². The molecular formula is C18H22BrIN2O2. The summed E-state index contributed by atoms with van der Waals surface area (Å²) in [7, 11) is 1.75. The molecule has 1 aromatic rings. The molecule has 2 unspecified atom stereocenters. The van der Waals surface area contributed by atoms with Gasteiger partial charge in [-0.1, -0.05) is 29.8 Å². The summed E-state index contributed by atoms with van der Waals surface area (Å²) in [5.41, 5.74) is 8.71. The third kappa shape index (κ3) is 3.14. The van der Waals surface area contributed by atoms with Gasteiger partial charge in [0.1, 0.15) is 4.83 Å². The second kappa shape index (κ2) is 7.15. The standard InChI is InChI=1S/C18H22BrIN2O2/c1-5-10-7-12(20)8-11(6-2)14(10)13-9-18(3,17(21)24)15(19)16(23)22(13)4/h7-9,15H,5-6H2,1-4H3,(H2,21,24). The maximum atomic E-state index is 12.7. The van der Waals surface area contributed by atoms with E-state index in [-0.39, 0.29) is 5.91 Å². The molecule has 0 bridgehead atoms. The van der Waals surface area contributed by atoms with Crippen LogP contribution in [-0.4, -0.2) is 28.6 Å². The van der Waals surface area contributed by atoms with Gasteiger partial charge in [0.15, 0.2) is 0 Å². The first-order chi connectivity index (χ1) is 11.2. The Morgan fingerprint density at radius 1 is 1.33 bits per heavy atom. The van der Waals surface area contributed by atoms with Crippen molar-refractivity contribution in [3.8, 4) is 0 Å². The lowest BCUT2D eigenvalue weighted by atomic mass is 9.79. The number of carbonyl (C=O) groups is 2. The first kappa shape index (κ1) is 19.4. The molecule has 0 fully saturated rings. The summed E-state index contributed by atoms with van der Waals surface area (Å²) in [5, 5.41) is 0. The van der Waals surface area contributed by atoms with Crippen molar-refractivity contribution in [2.45, 2.75) is 38.4 Å². The Kier molecular flexibility index (Phi) is 5.79. The van der Waals surface area contributed by atoms with Gasteiger partial charge in [0, 0.05) is 21.9 Å². The number of primary amides is 1. The third-order valence-electron chi connectivity index (χ3n) is 4.69. The molecule has 2 rings (SSSR count). The van der Waals surface area contributed by atoms with Crippen molar-refractivity contribution in [3.05, 3.63) is 38.5 Å². The Hall–Kier alpha value is -0.890. The van der Waals surface area contributed by atoms with Gasteiger partial charge in [-0.05, 0) is 71.7 Å². The molecule has 130 valence electrons. The van der Waals surface area contributed by atoms with E-state index < -0.39 is 16.1 Å². The van der Waals surface area contributed by atoms with Gasteiger partial charge >= 0.3 is 0 Å². The number of nitrogens with zero attached hydrogens (tertiary/aromatic N) is 1. The molecule has 6 heteroatoms. The molecule has 2 atom stereocenters. The monoisotopic (exact) mass is 504 g/mol. The number of alkyl halides is 1. The first-order valence-electron chi connectivity index (χ1n) is 7.93. The number of rotatable bonds is 4. The van der Waals surface area contributed by atoms with Crippen molar-refractivity contribution in [1.82, 2.24) is 4.90 Å². The normalized spacial score (nSPS) is 24.1. The van der Waals surface area contributed by atoms with Gasteiger partial charge in [-0.15, -0.1) is 0 Å². The van der Waals surface area contributed by atoms with Gasteiger partial charge in [-0.3, -0.25) is 9.59 Å². The third-order valence-corrected chi connectivity index (χ3v) is 6.65. The van der Waals surface area contributed by atoms with Crippen LogP contribution in [0.1, 0.15) is 37.5 Å². The molecule has 4 nitrogen and oxygen atoms in total. The summed E-state index contributed by atoms with van der Waals surface area (Å²) in [4.78, 5) is 25.8. The predicted octanol–water partition coefficient (Wildman–Crippen LogP) is 3.48. The highest BCUT2D eigenvalue weighted by atomic mass is 127. The molecule has 1 aromatic carbocycles. The van der Waals surface area contributed by atoms with Gasteiger partial charge in [-0.25, -0.2) is 0 Å². The van der Waals surface area contributed by atoms with Gasteiger partial charge in [0.05, 0.1) is 5.41 Å². The highest BCUT2D eigenvalue weighted by Crippen LogP contribution is 2.41. The van der Waals surface area contributed by atoms with Crippen LogP contribution in [0.4, 0.5) is 0 Å². The number of halogens is 2. The fraction of sp³-hybridized carbons (Fsp3) is 0.444. The Bertz CT molecular complexity index is 707. The largest absolute Gasteiger partial charge is 0.369 e. The number of amides is 2. The Morgan fingerprint density at radius 2 is 1.83 bits per heavy atom. The Balaban J connectivity index is 2.79. The number of carbonyl (C=O) groups excluding carboxylic acids is 2. The van der Waals surface area contributed by atoms with E-state index in [1.54, 1.807) is 18.9 Å². The molecule has 0 aliphatic carbocycles. The highest BCUT2D eigenvalue weighted by Gasteiger charge is 2.47. The summed E-state index contributed by atoms with van der Waals surface area (Å²) in [5.74, 6) is -0.665. The molecule has 2 N–H and O–H groups in total. The Morgan fingerprint density at radius 3 is 2.25 bits per heavy atom. The van der Waals surface area contributed by atoms with E-state index in [4.69, 9.17) is 5.73 Å². The van der Waals surface area contributed by atoms with E-state index in [0.29, 0.717) is 0 Å². The van der Waals surface area contributed by atoms with Gasteiger partial charge in [0.2, 0.25) is 11.8 Å². The predicted molar refractivity (Wildman–Crippen MR) is 109 cm³/mol. The smallest absolute Gasteiger partial charge is 0.241 e. The number of hydrogen-bond acceptors (Lipinski definition) is 2. The molecule has 1 aliphatic heterocycles. The lowest BCUT2D eigenvalue weighted by Crippen LogP contribution is -2.51. The molecular weight excluding hydrogens is 483 g/mol. The summed E-state index contributed by atoms with van der Waals surface area (Å²) in [6.07, 6.45) is 3.55. The number of nitrogens with two attached hydrogens (primary N) is 1. The van der Waals surface area contributed by atoms with Crippen LogP contribution >= 0.6 is 38.5 Å². The maximum Gasteiger partial charge on any atom is 0.241 e. The minimum absolute atomic E-state index is 0.156. The molecule has 1 heterocycles. The zero-order chi connectivity index (χ0) is 18.2. The van der Waals surface area contributed by atoms with Gasteiger partial charge in [-0.2, -0.15) is 0 Å². The van der Waals surface area contributed by atoms with Crippen LogP contribution in [0.2, 0.25) is 0 Å². The van der Waals surface area contributed by atoms with Crippen molar-refractivity contribution in [3.63, 3.8) is 0 Å². The van der Waals surface area contributed by atoms with Crippen LogP contribution in [0.3, 0.4) is 0 Å². The molecule has 2 amide bonds. The molecule has 0 saturated carbocycles. The SMILES string of the molecule is CCc1cc(I)cc(CC)c1C1=CC(C)(C(N)=O)C(Br)C(=O)N1C. The van der Waals surface area contributed by atoms with Crippen LogP contribution in [0.5, 0.6) is 0 Å². The number of benzene rings is 1. The van der Waals surface area contributed by atoms with E-state index >= 15 is 0 Å². The quantitative estimate of drug-likeness (QED) is 0.504. The van der Waals surface area contributed by atoms with Crippen molar-refractivity contribution >= 4 is 56.0 Å². The topological polar surface area (TPSA) is 63.4 Å². The van der Waals surface area contributed by atoms with E-state index in [9.17, 15) is 9.59 Å². The van der Waals surface area contributed by atoms with Crippen LogP contribution < -0.4 is 5.73 Å². The fourth-order valence-electron chi connectivity index (χ4n) is 3.05. The van der Waals surface area contributed by atoms with Crippen molar-refractivity contribution in [2.75, 3.05) is 7.05 Å². The number of aryl methyl sites for hydroxylation is 2. The van der Waals surface area contributed by atoms with Crippen LogP contribution in [-0.2, 0) is 22.4 Å². The second-order valence-electron chi connectivity index (χ2n) is 6.24. The maximum absolute atomic E-state index is 12.7. The van der Waals surface area contributed by atoms with Crippen molar-refractivity contribution in [1.29, 1.82) is 0 Å². The summed E-state index contributed by atoms with van der Waals surface area (Å²) < 4.78 is 1.17. The summed E-state index contributed by atoms with van der Waals surface area (Å²) >= 11 is 5.68. The lowest BCUT2D eigenvalue weighted by Gasteiger charge is -2.38. The number of hydrogen-bond donors (Lipinski definition) is 1. The van der Waals surface area contributed by atoms with Gasteiger partial charge in [0.25, 0.3) is 0 Å². The minimum atomic E-state index is -1.06. The van der Waals surface area contributed by atoms with E-state index in [1.165, 1.54) is 14.7 Å². The van der Waals surface area contributed by atoms with Crippen LogP contribution in [0, 0.1) is 8.99 Å². The molecule has 1 aliphatic rings. The van der Waals surface area contributed by atoms with Crippen molar-refractivity contribution in [2.24, 2.45) is 11.1 Å². The van der Waals surface area contributed by atoms with Crippen LogP contribution in [0.15, 0.2) is 18.2 Å². The zero-order valence-corrected chi connectivity index (χ0v) is 18.1. The van der Waals surface area contributed by atoms with E-state index in [1.807, 2.05) is 6.08 Å². The molecule has 24 heavy (non-hydrogen) atoms. The molecule has 0 aromatic heterocycles. The molecule has 0 saturated heterocycles. The van der Waals surface area contributed by atoms with Crippen molar-refractivity contribution < 1.29 is 9.59 Å². The average molecular weight is 505 g/mol. The molecule has 0 spiro atoms. The second-order valence-corrected chi connectivity index (χ2v) is 8.40. The highest BCUT2D eigenvalue weighted by molar-refractivity contribution is 14.1. The zero-order valence-electron chi connectivity index (χ0n) is 14.3. The van der Waals surface area contributed by atoms with Gasteiger partial charge < -0.3 is 10.6 Å².